The molecule has 0 saturated carbocycles. The van der Waals surface area contributed by atoms with E-state index >= 15 is 0 Å². The van der Waals surface area contributed by atoms with Gasteiger partial charge >= 0.3 is 0 Å². The fraction of sp³-hybridized carbons (Fsp3) is 0.650. The summed E-state index contributed by atoms with van der Waals surface area (Å²) in [6.45, 7) is 6.25. The number of anilines is 1. The summed E-state index contributed by atoms with van der Waals surface area (Å²) in [7, 11) is 0. The monoisotopic (exact) mass is 412 g/mol. The maximum atomic E-state index is 14.1. The standard InChI is InChI=1S/C20H30F2N4OS/c1-3-23-19(24-14-20(28-2)8-11-27-12-9-20)25-15-7-10-26(13-15)18-16(21)5-4-6-17(18)22/h4-6,15H,3,7-14H2,1-2H3,(H2,23,24,25). The van der Waals surface area contributed by atoms with Crippen LogP contribution in [0.5, 0.6) is 0 Å². The number of thioether (sulfide) groups is 1. The maximum Gasteiger partial charge on any atom is 0.191 e. The minimum absolute atomic E-state index is 0.0669. The summed E-state index contributed by atoms with van der Waals surface area (Å²) in [6.07, 6.45) is 4.94. The summed E-state index contributed by atoms with van der Waals surface area (Å²) < 4.78 is 33.8. The van der Waals surface area contributed by atoms with Gasteiger partial charge in [-0.2, -0.15) is 11.8 Å². The molecule has 1 unspecified atom stereocenters. The number of para-hydroxylation sites is 1. The zero-order valence-electron chi connectivity index (χ0n) is 16.6. The third-order valence-electron chi connectivity index (χ3n) is 5.49. The predicted octanol–water partition coefficient (Wildman–Crippen LogP) is 3.01. The van der Waals surface area contributed by atoms with Crippen molar-refractivity contribution in [2.24, 2.45) is 4.99 Å². The summed E-state index contributed by atoms with van der Waals surface area (Å²) in [5, 5.41) is 6.75. The fourth-order valence-corrected chi connectivity index (χ4v) is 4.55. The van der Waals surface area contributed by atoms with Crippen LogP contribution in [0.4, 0.5) is 14.5 Å². The second kappa shape index (κ2) is 9.78. The number of hydrogen-bond acceptors (Lipinski definition) is 4. The largest absolute Gasteiger partial charge is 0.381 e. The van der Waals surface area contributed by atoms with Crippen molar-refractivity contribution >= 4 is 23.4 Å². The lowest BCUT2D eigenvalue weighted by Gasteiger charge is -2.34. The Hall–Kier alpha value is -1.54. The smallest absolute Gasteiger partial charge is 0.191 e. The van der Waals surface area contributed by atoms with Gasteiger partial charge < -0.3 is 20.3 Å². The first-order chi connectivity index (χ1) is 13.6. The van der Waals surface area contributed by atoms with Crippen LogP contribution in [-0.2, 0) is 4.74 Å². The molecule has 0 spiro atoms. The highest BCUT2D eigenvalue weighted by Crippen LogP contribution is 2.34. The second-order valence-corrected chi connectivity index (χ2v) is 8.62. The normalized spacial score (nSPS) is 22.4. The average molecular weight is 413 g/mol. The van der Waals surface area contributed by atoms with Crippen LogP contribution in [0.1, 0.15) is 26.2 Å². The van der Waals surface area contributed by atoms with Gasteiger partial charge in [-0.25, -0.2) is 8.78 Å². The molecule has 2 aliphatic heterocycles. The molecule has 1 aromatic carbocycles. The Morgan fingerprint density at radius 1 is 1.32 bits per heavy atom. The minimum atomic E-state index is -0.511. The van der Waals surface area contributed by atoms with Gasteiger partial charge in [-0.05, 0) is 44.6 Å². The predicted molar refractivity (Wildman–Crippen MR) is 112 cm³/mol. The Morgan fingerprint density at radius 3 is 2.68 bits per heavy atom. The molecule has 1 aromatic rings. The van der Waals surface area contributed by atoms with Crippen molar-refractivity contribution in [3.8, 4) is 0 Å². The van der Waals surface area contributed by atoms with Gasteiger partial charge in [0.25, 0.3) is 0 Å². The van der Waals surface area contributed by atoms with E-state index in [1.165, 1.54) is 18.2 Å². The van der Waals surface area contributed by atoms with E-state index in [1.807, 2.05) is 18.7 Å². The van der Waals surface area contributed by atoms with Crippen LogP contribution in [0.25, 0.3) is 0 Å². The number of ether oxygens (including phenoxy) is 1. The molecule has 0 aromatic heterocycles. The molecule has 0 radical (unpaired) electrons. The highest BCUT2D eigenvalue weighted by Gasteiger charge is 2.32. The Balaban J connectivity index is 1.63. The highest BCUT2D eigenvalue weighted by atomic mass is 32.2. The number of benzene rings is 1. The Kier molecular flexibility index (Phi) is 7.40. The Bertz CT molecular complexity index is 662. The van der Waals surface area contributed by atoms with Gasteiger partial charge in [0.2, 0.25) is 0 Å². The van der Waals surface area contributed by atoms with Crippen LogP contribution in [0.3, 0.4) is 0 Å². The van der Waals surface area contributed by atoms with E-state index in [4.69, 9.17) is 9.73 Å². The number of aliphatic imine (C=N–C) groups is 1. The molecule has 0 amide bonds. The van der Waals surface area contributed by atoms with Gasteiger partial charge in [-0.3, -0.25) is 4.99 Å². The fourth-order valence-electron chi connectivity index (χ4n) is 3.78. The number of hydrogen-bond donors (Lipinski definition) is 2. The third kappa shape index (κ3) is 5.08. The number of nitrogens with zero attached hydrogens (tertiary/aromatic N) is 2. The summed E-state index contributed by atoms with van der Waals surface area (Å²) in [6, 6.07) is 4.10. The Labute approximate surface area is 170 Å². The van der Waals surface area contributed by atoms with Crippen LogP contribution in [0.2, 0.25) is 0 Å². The van der Waals surface area contributed by atoms with Gasteiger partial charge in [-0.1, -0.05) is 6.07 Å². The van der Waals surface area contributed by atoms with E-state index < -0.39 is 11.6 Å². The molecular weight excluding hydrogens is 382 g/mol. The zero-order chi connectivity index (χ0) is 20.0. The molecule has 2 N–H and O–H groups in total. The van der Waals surface area contributed by atoms with Gasteiger partial charge in [0.1, 0.15) is 17.3 Å². The minimum Gasteiger partial charge on any atom is -0.381 e. The number of nitrogens with one attached hydrogen (secondary N) is 2. The summed E-state index contributed by atoms with van der Waals surface area (Å²) >= 11 is 1.86. The molecule has 1 atom stereocenters. The van der Waals surface area contributed by atoms with E-state index in [0.717, 1.165) is 51.5 Å². The van der Waals surface area contributed by atoms with E-state index in [-0.39, 0.29) is 16.5 Å². The lowest BCUT2D eigenvalue weighted by molar-refractivity contribution is 0.0794. The highest BCUT2D eigenvalue weighted by molar-refractivity contribution is 8.00. The van der Waals surface area contributed by atoms with Gasteiger partial charge in [0.05, 0.1) is 6.54 Å². The van der Waals surface area contributed by atoms with Crippen LogP contribution in [0.15, 0.2) is 23.2 Å². The molecule has 5 nitrogen and oxygen atoms in total. The van der Waals surface area contributed by atoms with E-state index in [9.17, 15) is 8.78 Å². The molecule has 2 fully saturated rings. The molecule has 3 rings (SSSR count). The van der Waals surface area contributed by atoms with Crippen molar-refractivity contribution in [3.05, 3.63) is 29.8 Å². The summed E-state index contributed by atoms with van der Waals surface area (Å²) in [5.74, 6) is -0.256. The van der Waals surface area contributed by atoms with Crippen molar-refractivity contribution in [1.29, 1.82) is 0 Å². The molecule has 2 saturated heterocycles. The van der Waals surface area contributed by atoms with Crippen molar-refractivity contribution in [2.45, 2.75) is 37.0 Å². The van der Waals surface area contributed by atoms with E-state index in [0.29, 0.717) is 13.1 Å². The molecule has 8 heteroatoms. The molecule has 28 heavy (non-hydrogen) atoms. The van der Waals surface area contributed by atoms with Crippen LogP contribution >= 0.6 is 11.8 Å². The Morgan fingerprint density at radius 2 is 2.04 bits per heavy atom. The molecule has 0 bridgehead atoms. The second-order valence-electron chi connectivity index (χ2n) is 7.34. The summed E-state index contributed by atoms with van der Waals surface area (Å²) in [4.78, 5) is 6.60. The van der Waals surface area contributed by atoms with Crippen molar-refractivity contribution < 1.29 is 13.5 Å². The first-order valence-electron chi connectivity index (χ1n) is 9.93. The lowest BCUT2D eigenvalue weighted by atomic mass is 9.99. The number of rotatable bonds is 6. The first kappa shape index (κ1) is 21.2. The van der Waals surface area contributed by atoms with E-state index in [1.54, 1.807) is 4.90 Å². The van der Waals surface area contributed by atoms with Crippen LogP contribution in [-0.4, -0.2) is 62.4 Å². The van der Waals surface area contributed by atoms with Crippen molar-refractivity contribution in [3.63, 3.8) is 0 Å². The maximum absolute atomic E-state index is 14.1. The first-order valence-corrected chi connectivity index (χ1v) is 11.2. The van der Waals surface area contributed by atoms with Crippen LogP contribution < -0.4 is 15.5 Å². The molecule has 156 valence electrons. The van der Waals surface area contributed by atoms with E-state index in [2.05, 4.69) is 16.9 Å². The SMILES string of the molecule is CCNC(=NCC1(SC)CCOCC1)NC1CCN(c2c(F)cccc2F)C1. The molecular formula is C20H30F2N4OS. The average Bonchev–Trinajstić information content (AvgIpc) is 3.15. The van der Waals surface area contributed by atoms with Crippen molar-refractivity contribution in [1.82, 2.24) is 10.6 Å². The van der Waals surface area contributed by atoms with Gasteiger partial charge in [-0.15, -0.1) is 0 Å². The summed E-state index contributed by atoms with van der Waals surface area (Å²) in [5.41, 5.74) is 0.0669. The number of halogens is 2. The van der Waals surface area contributed by atoms with Crippen LogP contribution in [0, 0.1) is 11.6 Å². The van der Waals surface area contributed by atoms with Gasteiger partial charge in [0.15, 0.2) is 5.96 Å². The molecule has 2 heterocycles. The quantitative estimate of drug-likeness (QED) is 0.556. The third-order valence-corrected chi connectivity index (χ3v) is 6.89. The van der Waals surface area contributed by atoms with Crippen molar-refractivity contribution in [2.75, 3.05) is 50.5 Å². The van der Waals surface area contributed by atoms with Gasteiger partial charge in [0, 0.05) is 43.6 Å². The molecule has 0 aliphatic carbocycles. The lowest BCUT2D eigenvalue weighted by Crippen LogP contribution is -2.46. The topological polar surface area (TPSA) is 48.9 Å². The zero-order valence-corrected chi connectivity index (χ0v) is 17.5. The molecule has 2 aliphatic rings. The number of guanidine groups is 1.